The van der Waals surface area contributed by atoms with Crippen LogP contribution in [0.4, 0.5) is 10.1 Å². The second kappa shape index (κ2) is 9.15. The van der Waals surface area contributed by atoms with E-state index in [0.717, 1.165) is 19.3 Å². The standard InChI is InChI=1S/C20H21FN2O5S/c21-17-9-2-3-10-18(17)22-19(24)14-28-20(25)15-7-6-8-16(13-15)29(26,27)23-11-4-1-5-12-23/h2-3,6-10,13H,1,4-5,11-12,14H2,(H,22,24). The van der Waals surface area contributed by atoms with Crippen molar-refractivity contribution >= 4 is 27.6 Å². The molecule has 1 saturated heterocycles. The lowest BCUT2D eigenvalue weighted by molar-refractivity contribution is -0.119. The Hall–Kier alpha value is -2.78. The lowest BCUT2D eigenvalue weighted by Crippen LogP contribution is -2.35. The summed E-state index contributed by atoms with van der Waals surface area (Å²) in [6.07, 6.45) is 2.60. The fraction of sp³-hybridized carbons (Fsp3) is 0.300. The van der Waals surface area contributed by atoms with E-state index < -0.39 is 34.3 Å². The highest BCUT2D eigenvalue weighted by atomic mass is 32.2. The monoisotopic (exact) mass is 420 g/mol. The van der Waals surface area contributed by atoms with Gasteiger partial charge in [0, 0.05) is 13.1 Å². The van der Waals surface area contributed by atoms with E-state index in [0.29, 0.717) is 13.1 Å². The third-order valence-corrected chi connectivity index (χ3v) is 6.40. The van der Waals surface area contributed by atoms with Crippen molar-refractivity contribution in [3.05, 3.63) is 59.9 Å². The lowest BCUT2D eigenvalue weighted by atomic mass is 10.2. The summed E-state index contributed by atoms with van der Waals surface area (Å²) in [5, 5.41) is 2.30. The highest BCUT2D eigenvalue weighted by Crippen LogP contribution is 2.21. The molecule has 1 aliphatic rings. The van der Waals surface area contributed by atoms with Gasteiger partial charge in [0.25, 0.3) is 5.91 Å². The number of piperidine rings is 1. The molecule has 0 radical (unpaired) electrons. The van der Waals surface area contributed by atoms with Crippen molar-refractivity contribution in [1.82, 2.24) is 4.31 Å². The molecular weight excluding hydrogens is 399 g/mol. The number of para-hydroxylation sites is 1. The molecule has 154 valence electrons. The van der Waals surface area contributed by atoms with Gasteiger partial charge in [-0.1, -0.05) is 24.6 Å². The molecule has 2 aromatic carbocycles. The number of benzene rings is 2. The number of halogens is 1. The molecule has 0 bridgehead atoms. The Bertz CT molecular complexity index is 1000. The zero-order chi connectivity index (χ0) is 20.9. The van der Waals surface area contributed by atoms with Gasteiger partial charge in [-0.05, 0) is 43.2 Å². The first-order valence-electron chi connectivity index (χ1n) is 9.19. The summed E-state index contributed by atoms with van der Waals surface area (Å²) in [6.45, 7) is 0.275. The second-order valence-electron chi connectivity index (χ2n) is 6.60. The zero-order valence-corrected chi connectivity index (χ0v) is 16.5. The molecule has 3 rings (SSSR count). The number of hydrogen-bond acceptors (Lipinski definition) is 5. The van der Waals surface area contributed by atoms with Crippen LogP contribution < -0.4 is 5.32 Å². The first-order chi connectivity index (χ1) is 13.9. The van der Waals surface area contributed by atoms with Crippen LogP contribution in [-0.2, 0) is 19.6 Å². The lowest BCUT2D eigenvalue weighted by Gasteiger charge is -2.25. The summed E-state index contributed by atoms with van der Waals surface area (Å²) < 4.78 is 45.4. The summed E-state index contributed by atoms with van der Waals surface area (Å²) >= 11 is 0. The third-order valence-electron chi connectivity index (χ3n) is 4.50. The first-order valence-corrected chi connectivity index (χ1v) is 10.6. The maximum absolute atomic E-state index is 13.5. The predicted molar refractivity (Wildman–Crippen MR) is 104 cm³/mol. The van der Waals surface area contributed by atoms with Gasteiger partial charge < -0.3 is 10.1 Å². The summed E-state index contributed by atoms with van der Waals surface area (Å²) in [4.78, 5) is 24.1. The predicted octanol–water partition coefficient (Wildman–Crippen LogP) is 2.80. The van der Waals surface area contributed by atoms with E-state index >= 15 is 0 Å². The van der Waals surface area contributed by atoms with E-state index in [1.54, 1.807) is 6.07 Å². The van der Waals surface area contributed by atoms with Crippen LogP contribution in [0.5, 0.6) is 0 Å². The SMILES string of the molecule is O=C(COC(=O)c1cccc(S(=O)(=O)N2CCCCC2)c1)Nc1ccccc1F. The highest BCUT2D eigenvalue weighted by Gasteiger charge is 2.26. The van der Waals surface area contributed by atoms with Crippen LogP contribution in [0.2, 0.25) is 0 Å². The normalized spacial score (nSPS) is 14.9. The number of carbonyl (C=O) groups is 2. The van der Waals surface area contributed by atoms with Crippen LogP contribution in [0.1, 0.15) is 29.6 Å². The van der Waals surface area contributed by atoms with Gasteiger partial charge in [0.2, 0.25) is 10.0 Å². The number of sulfonamides is 1. The van der Waals surface area contributed by atoms with Crippen molar-refractivity contribution in [2.24, 2.45) is 0 Å². The Kier molecular flexibility index (Phi) is 6.60. The van der Waals surface area contributed by atoms with Crippen LogP contribution in [-0.4, -0.2) is 44.3 Å². The number of hydrogen-bond donors (Lipinski definition) is 1. The average Bonchev–Trinajstić information content (AvgIpc) is 2.74. The van der Waals surface area contributed by atoms with Crippen LogP contribution in [0.25, 0.3) is 0 Å². The van der Waals surface area contributed by atoms with Gasteiger partial charge in [0.1, 0.15) is 5.82 Å². The van der Waals surface area contributed by atoms with Crippen molar-refractivity contribution in [3.63, 3.8) is 0 Å². The summed E-state index contributed by atoms with van der Waals surface area (Å²) in [6, 6.07) is 11.1. The fourth-order valence-electron chi connectivity index (χ4n) is 3.00. The molecule has 7 nitrogen and oxygen atoms in total. The Morgan fingerprint density at radius 1 is 1.03 bits per heavy atom. The molecule has 1 fully saturated rings. The van der Waals surface area contributed by atoms with E-state index in [-0.39, 0.29) is 16.1 Å². The van der Waals surface area contributed by atoms with Gasteiger partial charge in [0.15, 0.2) is 6.61 Å². The summed E-state index contributed by atoms with van der Waals surface area (Å²) in [7, 11) is -3.69. The zero-order valence-electron chi connectivity index (χ0n) is 15.6. The van der Waals surface area contributed by atoms with E-state index in [4.69, 9.17) is 4.74 Å². The minimum absolute atomic E-state index is 0.00431. The van der Waals surface area contributed by atoms with Crippen molar-refractivity contribution in [3.8, 4) is 0 Å². The topological polar surface area (TPSA) is 92.8 Å². The fourth-order valence-corrected chi connectivity index (χ4v) is 4.56. The van der Waals surface area contributed by atoms with Gasteiger partial charge in [-0.25, -0.2) is 17.6 Å². The number of carbonyl (C=O) groups excluding carboxylic acids is 2. The molecular formula is C20H21FN2O5S. The van der Waals surface area contributed by atoms with E-state index in [2.05, 4.69) is 5.32 Å². The molecule has 1 heterocycles. The minimum Gasteiger partial charge on any atom is -0.452 e. The molecule has 0 saturated carbocycles. The number of nitrogens with zero attached hydrogens (tertiary/aromatic N) is 1. The Morgan fingerprint density at radius 2 is 1.76 bits per heavy atom. The number of ether oxygens (including phenoxy) is 1. The molecule has 0 aliphatic carbocycles. The highest BCUT2D eigenvalue weighted by molar-refractivity contribution is 7.89. The molecule has 0 spiro atoms. The van der Waals surface area contributed by atoms with Gasteiger partial charge in [-0.3, -0.25) is 4.79 Å². The number of nitrogens with one attached hydrogen (secondary N) is 1. The number of rotatable bonds is 6. The van der Waals surface area contributed by atoms with Gasteiger partial charge in [-0.2, -0.15) is 4.31 Å². The van der Waals surface area contributed by atoms with Gasteiger partial charge in [0.05, 0.1) is 16.1 Å². The van der Waals surface area contributed by atoms with E-state index in [1.165, 1.54) is 46.8 Å². The summed E-state index contributed by atoms with van der Waals surface area (Å²) in [5.74, 6) is -2.16. The Morgan fingerprint density at radius 3 is 2.48 bits per heavy atom. The number of anilines is 1. The smallest absolute Gasteiger partial charge is 0.338 e. The maximum atomic E-state index is 13.5. The van der Waals surface area contributed by atoms with Crippen LogP contribution in [0.3, 0.4) is 0 Å². The first kappa shape index (κ1) is 20.9. The number of amides is 1. The number of esters is 1. The largest absolute Gasteiger partial charge is 0.452 e. The van der Waals surface area contributed by atoms with E-state index in [9.17, 15) is 22.4 Å². The molecule has 9 heteroatoms. The second-order valence-corrected chi connectivity index (χ2v) is 8.53. The molecule has 29 heavy (non-hydrogen) atoms. The van der Waals surface area contributed by atoms with Crippen LogP contribution in [0, 0.1) is 5.82 Å². The van der Waals surface area contributed by atoms with Crippen LogP contribution in [0.15, 0.2) is 53.4 Å². The molecule has 1 aliphatic heterocycles. The molecule has 0 aromatic heterocycles. The minimum atomic E-state index is -3.69. The summed E-state index contributed by atoms with van der Waals surface area (Å²) in [5.41, 5.74) is -0.00931. The Balaban J connectivity index is 1.63. The maximum Gasteiger partial charge on any atom is 0.338 e. The average molecular weight is 420 g/mol. The van der Waals surface area contributed by atoms with Crippen LogP contribution >= 0.6 is 0 Å². The molecule has 1 N–H and O–H groups in total. The Labute approximate surface area is 168 Å². The van der Waals surface area contributed by atoms with Gasteiger partial charge in [-0.15, -0.1) is 0 Å². The van der Waals surface area contributed by atoms with Gasteiger partial charge >= 0.3 is 5.97 Å². The van der Waals surface area contributed by atoms with Crippen molar-refractivity contribution < 1.29 is 27.1 Å². The van der Waals surface area contributed by atoms with Crippen molar-refractivity contribution in [1.29, 1.82) is 0 Å². The molecule has 0 atom stereocenters. The quantitative estimate of drug-likeness (QED) is 0.726. The van der Waals surface area contributed by atoms with Crippen molar-refractivity contribution in [2.45, 2.75) is 24.2 Å². The van der Waals surface area contributed by atoms with E-state index in [1.807, 2.05) is 0 Å². The molecule has 1 amide bonds. The third kappa shape index (κ3) is 5.18. The van der Waals surface area contributed by atoms with Crippen molar-refractivity contribution in [2.75, 3.05) is 25.0 Å². The molecule has 2 aromatic rings. The molecule has 0 unspecified atom stereocenters.